The van der Waals surface area contributed by atoms with Crippen molar-refractivity contribution in [2.75, 3.05) is 6.54 Å². The highest BCUT2D eigenvalue weighted by Crippen LogP contribution is 2.25. The third-order valence-electron chi connectivity index (χ3n) is 3.31. The van der Waals surface area contributed by atoms with Crippen LogP contribution in [0, 0.1) is 11.3 Å². The zero-order chi connectivity index (χ0) is 15.1. The fourth-order valence-electron chi connectivity index (χ4n) is 2.17. The highest BCUT2D eigenvalue weighted by molar-refractivity contribution is 5.36. The van der Waals surface area contributed by atoms with Crippen molar-refractivity contribution >= 4 is 0 Å². The number of benzene rings is 2. The molecule has 0 aromatic heterocycles. The maximum Gasteiger partial charge on any atom is 0.127 e. The minimum atomic E-state index is 0.302. The molecule has 2 aromatic rings. The van der Waals surface area contributed by atoms with Gasteiger partial charge in [-0.1, -0.05) is 31.2 Å². The Balaban J connectivity index is 2.09. The highest BCUT2D eigenvalue weighted by atomic mass is 16.5. The summed E-state index contributed by atoms with van der Waals surface area (Å²) in [5.74, 6) is 1.61. The normalized spacial score (nSPS) is 11.7. The van der Waals surface area contributed by atoms with Crippen LogP contribution >= 0.6 is 0 Å². The van der Waals surface area contributed by atoms with E-state index >= 15 is 0 Å². The van der Waals surface area contributed by atoms with Crippen molar-refractivity contribution in [3.05, 3.63) is 59.7 Å². The average Bonchev–Trinajstić information content (AvgIpc) is 2.50. The number of nitrogens with one attached hydrogen (secondary N) is 1. The molecule has 1 atom stereocenters. The molecule has 2 aromatic carbocycles. The lowest BCUT2D eigenvalue weighted by Crippen LogP contribution is -2.17. The quantitative estimate of drug-likeness (QED) is 0.861. The van der Waals surface area contributed by atoms with Gasteiger partial charge in [0, 0.05) is 6.04 Å². The Morgan fingerprint density at radius 2 is 1.90 bits per heavy atom. The first-order valence-electron chi connectivity index (χ1n) is 7.20. The van der Waals surface area contributed by atoms with E-state index in [-0.39, 0.29) is 0 Å². The van der Waals surface area contributed by atoms with Gasteiger partial charge in [0.25, 0.3) is 0 Å². The third-order valence-corrected chi connectivity index (χ3v) is 3.31. The van der Waals surface area contributed by atoms with E-state index in [9.17, 15) is 0 Å². The van der Waals surface area contributed by atoms with Crippen LogP contribution < -0.4 is 10.1 Å². The highest BCUT2D eigenvalue weighted by Gasteiger charge is 2.05. The van der Waals surface area contributed by atoms with E-state index in [1.165, 1.54) is 5.56 Å². The molecule has 1 unspecified atom stereocenters. The van der Waals surface area contributed by atoms with E-state index in [4.69, 9.17) is 10.00 Å². The summed E-state index contributed by atoms with van der Waals surface area (Å²) < 4.78 is 5.87. The molecule has 0 spiro atoms. The standard InChI is InChI=1S/C18H20N2O/c1-3-20-14(2)16-5-4-6-18(13-16)21-17-9-7-15(8-10-17)11-12-19/h4-10,13-14,20H,3,11H2,1-2H3. The predicted octanol–water partition coefficient (Wildman–Crippen LogP) is 4.22. The van der Waals surface area contributed by atoms with Crippen LogP contribution in [0.25, 0.3) is 0 Å². The van der Waals surface area contributed by atoms with Crippen LogP contribution in [0.15, 0.2) is 48.5 Å². The Bertz CT molecular complexity index is 614. The molecule has 1 N–H and O–H groups in total. The second kappa shape index (κ2) is 7.47. The monoisotopic (exact) mass is 280 g/mol. The maximum absolute atomic E-state index is 8.66. The lowest BCUT2D eigenvalue weighted by atomic mass is 10.1. The topological polar surface area (TPSA) is 45.0 Å². The summed E-state index contributed by atoms with van der Waals surface area (Å²) in [6, 6.07) is 18.2. The summed E-state index contributed by atoms with van der Waals surface area (Å²) >= 11 is 0. The minimum Gasteiger partial charge on any atom is -0.457 e. The van der Waals surface area contributed by atoms with Gasteiger partial charge in [0.05, 0.1) is 12.5 Å². The van der Waals surface area contributed by atoms with Crippen LogP contribution in [-0.4, -0.2) is 6.54 Å². The third kappa shape index (κ3) is 4.34. The minimum absolute atomic E-state index is 0.302. The van der Waals surface area contributed by atoms with Crippen molar-refractivity contribution in [3.63, 3.8) is 0 Å². The number of nitriles is 1. The summed E-state index contributed by atoms with van der Waals surface area (Å²) in [5.41, 5.74) is 2.20. The molecule has 0 saturated carbocycles. The van der Waals surface area contributed by atoms with Crippen LogP contribution in [0.4, 0.5) is 0 Å². The first-order valence-corrected chi connectivity index (χ1v) is 7.20. The van der Waals surface area contributed by atoms with Crippen molar-refractivity contribution in [3.8, 4) is 17.6 Å². The van der Waals surface area contributed by atoms with Crippen molar-refractivity contribution < 1.29 is 4.74 Å². The molecule has 0 amide bonds. The van der Waals surface area contributed by atoms with Gasteiger partial charge < -0.3 is 10.1 Å². The van der Waals surface area contributed by atoms with Gasteiger partial charge in [-0.15, -0.1) is 0 Å². The lowest BCUT2D eigenvalue weighted by Gasteiger charge is -2.14. The van der Waals surface area contributed by atoms with Crippen molar-refractivity contribution in [2.45, 2.75) is 26.3 Å². The van der Waals surface area contributed by atoms with Gasteiger partial charge in [-0.2, -0.15) is 5.26 Å². The molecule has 2 rings (SSSR count). The van der Waals surface area contributed by atoms with Gasteiger partial charge >= 0.3 is 0 Å². The summed E-state index contributed by atoms with van der Waals surface area (Å²) in [5, 5.41) is 12.1. The zero-order valence-electron chi connectivity index (χ0n) is 12.5. The van der Waals surface area contributed by atoms with Gasteiger partial charge in [-0.25, -0.2) is 0 Å². The van der Waals surface area contributed by atoms with Crippen molar-refractivity contribution in [2.24, 2.45) is 0 Å². The van der Waals surface area contributed by atoms with Crippen molar-refractivity contribution in [1.29, 1.82) is 5.26 Å². The summed E-state index contributed by atoms with van der Waals surface area (Å²) in [7, 11) is 0. The Morgan fingerprint density at radius 3 is 2.57 bits per heavy atom. The second-order valence-electron chi connectivity index (χ2n) is 4.93. The Kier molecular flexibility index (Phi) is 5.36. The van der Waals surface area contributed by atoms with Crippen LogP contribution in [0.5, 0.6) is 11.5 Å². The summed E-state index contributed by atoms with van der Waals surface area (Å²) in [6.45, 7) is 5.17. The van der Waals surface area contributed by atoms with Crippen LogP contribution in [0.1, 0.15) is 31.0 Å². The molecule has 0 aliphatic heterocycles. The van der Waals surface area contributed by atoms with Gasteiger partial charge in [-0.05, 0) is 48.9 Å². The fourth-order valence-corrected chi connectivity index (χ4v) is 2.17. The molecule has 3 heteroatoms. The van der Waals surface area contributed by atoms with Crippen LogP contribution in [0.3, 0.4) is 0 Å². The van der Waals surface area contributed by atoms with E-state index in [0.717, 1.165) is 23.6 Å². The first-order chi connectivity index (χ1) is 10.2. The summed E-state index contributed by atoms with van der Waals surface area (Å²) in [4.78, 5) is 0. The summed E-state index contributed by atoms with van der Waals surface area (Å²) in [6.07, 6.45) is 0.427. The van der Waals surface area contributed by atoms with Crippen LogP contribution in [-0.2, 0) is 6.42 Å². The fraction of sp³-hybridized carbons (Fsp3) is 0.278. The molecule has 0 fully saturated rings. The van der Waals surface area contributed by atoms with E-state index in [1.54, 1.807) is 0 Å². The number of ether oxygens (including phenoxy) is 1. The number of nitrogens with zero attached hydrogens (tertiary/aromatic N) is 1. The van der Waals surface area contributed by atoms with Gasteiger partial charge in [0.2, 0.25) is 0 Å². The zero-order valence-corrected chi connectivity index (χ0v) is 12.5. The SMILES string of the molecule is CCNC(C)c1cccc(Oc2ccc(CC#N)cc2)c1. The number of rotatable bonds is 6. The first kappa shape index (κ1) is 15.1. The van der Waals surface area contributed by atoms with Gasteiger partial charge in [0.15, 0.2) is 0 Å². The largest absolute Gasteiger partial charge is 0.457 e. The Hall–Kier alpha value is -2.31. The molecule has 0 radical (unpaired) electrons. The lowest BCUT2D eigenvalue weighted by molar-refractivity contribution is 0.480. The Morgan fingerprint density at radius 1 is 1.14 bits per heavy atom. The van der Waals surface area contributed by atoms with E-state index < -0.39 is 0 Å². The van der Waals surface area contributed by atoms with E-state index in [1.807, 2.05) is 36.4 Å². The van der Waals surface area contributed by atoms with Crippen LogP contribution in [0.2, 0.25) is 0 Å². The molecule has 3 nitrogen and oxygen atoms in total. The van der Waals surface area contributed by atoms with E-state index in [0.29, 0.717) is 12.5 Å². The number of hydrogen-bond donors (Lipinski definition) is 1. The molecule has 21 heavy (non-hydrogen) atoms. The second-order valence-corrected chi connectivity index (χ2v) is 4.93. The molecule has 0 heterocycles. The Labute approximate surface area is 126 Å². The molecule has 108 valence electrons. The van der Waals surface area contributed by atoms with Gasteiger partial charge in [-0.3, -0.25) is 0 Å². The average molecular weight is 280 g/mol. The predicted molar refractivity (Wildman–Crippen MR) is 84.4 cm³/mol. The van der Waals surface area contributed by atoms with Crippen molar-refractivity contribution in [1.82, 2.24) is 5.32 Å². The maximum atomic E-state index is 8.66. The molecular weight excluding hydrogens is 260 g/mol. The van der Waals surface area contributed by atoms with Gasteiger partial charge in [0.1, 0.15) is 11.5 Å². The van der Waals surface area contributed by atoms with E-state index in [2.05, 4.69) is 37.4 Å². The number of hydrogen-bond acceptors (Lipinski definition) is 3. The molecule has 0 aliphatic rings. The molecule has 0 saturated heterocycles. The molecule has 0 aliphatic carbocycles. The molecular formula is C18H20N2O. The molecule has 0 bridgehead atoms. The smallest absolute Gasteiger partial charge is 0.127 e.